The van der Waals surface area contributed by atoms with Crippen LogP contribution in [0.3, 0.4) is 0 Å². The van der Waals surface area contributed by atoms with E-state index in [2.05, 4.69) is 25.1 Å². The van der Waals surface area contributed by atoms with Crippen molar-refractivity contribution in [3.05, 3.63) is 12.3 Å². The summed E-state index contributed by atoms with van der Waals surface area (Å²) in [5.74, 6) is 1.71. The minimum absolute atomic E-state index is 0.0184. The van der Waals surface area contributed by atoms with Crippen molar-refractivity contribution < 1.29 is 9.53 Å². The van der Waals surface area contributed by atoms with E-state index in [0.29, 0.717) is 0 Å². The van der Waals surface area contributed by atoms with Gasteiger partial charge in [-0.15, -0.1) is 0 Å². The van der Waals surface area contributed by atoms with Gasteiger partial charge in [0.1, 0.15) is 5.82 Å². The van der Waals surface area contributed by atoms with Gasteiger partial charge in [-0.3, -0.25) is 4.79 Å². The van der Waals surface area contributed by atoms with Gasteiger partial charge in [-0.2, -0.15) is 4.98 Å². The standard InChI is InChI=1S/C14H21N5O2/c1-11(20)16-12-3-5-19(10-12)14-15-4-2-13(17-14)18-6-8-21-9-7-18/h2,4,12H,3,5-10H2,1H3,(H,16,20). The van der Waals surface area contributed by atoms with Crippen molar-refractivity contribution in [3.8, 4) is 0 Å². The van der Waals surface area contributed by atoms with Crippen LogP contribution in [0.4, 0.5) is 11.8 Å². The maximum Gasteiger partial charge on any atom is 0.227 e. The number of rotatable bonds is 3. The number of carbonyl (C=O) groups is 1. The molecule has 21 heavy (non-hydrogen) atoms. The summed E-state index contributed by atoms with van der Waals surface area (Å²) in [7, 11) is 0. The van der Waals surface area contributed by atoms with Crippen LogP contribution in [0.25, 0.3) is 0 Å². The Labute approximate surface area is 124 Å². The fourth-order valence-electron chi connectivity index (χ4n) is 2.81. The van der Waals surface area contributed by atoms with Crippen LogP contribution in [0.5, 0.6) is 0 Å². The Morgan fingerprint density at radius 2 is 2.14 bits per heavy atom. The molecule has 114 valence electrons. The molecular formula is C14H21N5O2. The Morgan fingerprint density at radius 1 is 1.33 bits per heavy atom. The van der Waals surface area contributed by atoms with Crippen molar-refractivity contribution in [2.24, 2.45) is 0 Å². The largest absolute Gasteiger partial charge is 0.378 e. The quantitative estimate of drug-likeness (QED) is 0.847. The minimum Gasteiger partial charge on any atom is -0.378 e. The summed E-state index contributed by atoms with van der Waals surface area (Å²) in [5, 5.41) is 2.96. The molecule has 1 aromatic rings. The molecule has 0 saturated carbocycles. The molecule has 1 aromatic heterocycles. The lowest BCUT2D eigenvalue weighted by Crippen LogP contribution is -2.37. The first kappa shape index (κ1) is 14.1. The van der Waals surface area contributed by atoms with Crippen LogP contribution in [0.2, 0.25) is 0 Å². The Bertz CT molecular complexity index is 504. The smallest absolute Gasteiger partial charge is 0.227 e. The molecule has 0 radical (unpaired) electrons. The van der Waals surface area contributed by atoms with Crippen molar-refractivity contribution in [2.75, 3.05) is 49.2 Å². The third kappa shape index (κ3) is 3.41. The van der Waals surface area contributed by atoms with Crippen LogP contribution < -0.4 is 15.1 Å². The molecule has 1 atom stereocenters. The normalized spacial score (nSPS) is 22.4. The second-order valence-corrected chi connectivity index (χ2v) is 5.45. The van der Waals surface area contributed by atoms with E-state index in [1.54, 1.807) is 13.1 Å². The third-order valence-electron chi connectivity index (χ3n) is 3.84. The Balaban J connectivity index is 1.67. The fraction of sp³-hybridized carbons (Fsp3) is 0.643. The molecule has 3 heterocycles. The molecule has 1 N–H and O–H groups in total. The highest BCUT2D eigenvalue weighted by atomic mass is 16.5. The van der Waals surface area contributed by atoms with Gasteiger partial charge < -0.3 is 19.9 Å². The molecule has 0 aliphatic carbocycles. The van der Waals surface area contributed by atoms with Gasteiger partial charge in [-0.25, -0.2) is 4.98 Å². The zero-order valence-electron chi connectivity index (χ0n) is 12.3. The fourth-order valence-corrected chi connectivity index (χ4v) is 2.81. The predicted molar refractivity (Wildman–Crippen MR) is 79.5 cm³/mol. The first-order valence-corrected chi connectivity index (χ1v) is 7.40. The zero-order chi connectivity index (χ0) is 14.7. The number of hydrogen-bond donors (Lipinski definition) is 1. The van der Waals surface area contributed by atoms with Gasteiger partial charge in [0.15, 0.2) is 0 Å². The number of morpholine rings is 1. The second kappa shape index (κ2) is 6.26. The highest BCUT2D eigenvalue weighted by Crippen LogP contribution is 2.20. The summed E-state index contributed by atoms with van der Waals surface area (Å²) in [6.45, 7) is 6.42. The van der Waals surface area contributed by atoms with Crippen LogP contribution in [0.15, 0.2) is 12.3 Å². The van der Waals surface area contributed by atoms with Gasteiger partial charge in [0.25, 0.3) is 0 Å². The highest BCUT2D eigenvalue weighted by molar-refractivity contribution is 5.73. The van der Waals surface area contributed by atoms with Crippen LogP contribution in [0, 0.1) is 0 Å². The summed E-state index contributed by atoms with van der Waals surface area (Å²) in [6.07, 6.45) is 2.74. The molecule has 2 aliphatic heterocycles. The number of nitrogens with one attached hydrogen (secondary N) is 1. The molecule has 0 spiro atoms. The molecule has 2 saturated heterocycles. The molecule has 2 fully saturated rings. The van der Waals surface area contributed by atoms with Gasteiger partial charge >= 0.3 is 0 Å². The number of ether oxygens (including phenoxy) is 1. The van der Waals surface area contributed by atoms with E-state index in [9.17, 15) is 4.79 Å². The van der Waals surface area contributed by atoms with E-state index >= 15 is 0 Å². The van der Waals surface area contributed by atoms with Gasteiger partial charge in [0, 0.05) is 45.3 Å². The Kier molecular flexibility index (Phi) is 4.19. The molecular weight excluding hydrogens is 270 g/mol. The predicted octanol–water partition coefficient (Wildman–Crippen LogP) is 0.0280. The van der Waals surface area contributed by atoms with Gasteiger partial charge in [0.05, 0.1) is 13.2 Å². The maximum absolute atomic E-state index is 11.1. The van der Waals surface area contributed by atoms with Crippen LogP contribution in [-0.4, -0.2) is 61.3 Å². The van der Waals surface area contributed by atoms with Gasteiger partial charge in [-0.05, 0) is 12.5 Å². The number of aromatic nitrogens is 2. The molecule has 7 heteroatoms. The van der Waals surface area contributed by atoms with Crippen molar-refractivity contribution in [2.45, 2.75) is 19.4 Å². The van der Waals surface area contributed by atoms with Crippen molar-refractivity contribution in [1.29, 1.82) is 0 Å². The van der Waals surface area contributed by atoms with Crippen LogP contribution in [0.1, 0.15) is 13.3 Å². The number of anilines is 2. The first-order valence-electron chi connectivity index (χ1n) is 7.40. The molecule has 3 rings (SSSR count). The SMILES string of the molecule is CC(=O)NC1CCN(c2nccc(N3CCOCC3)n2)C1. The number of hydrogen-bond acceptors (Lipinski definition) is 6. The van der Waals surface area contributed by atoms with Crippen molar-refractivity contribution in [1.82, 2.24) is 15.3 Å². The monoisotopic (exact) mass is 291 g/mol. The summed E-state index contributed by atoms with van der Waals surface area (Å²) >= 11 is 0. The summed E-state index contributed by atoms with van der Waals surface area (Å²) in [4.78, 5) is 24.5. The number of carbonyl (C=O) groups excluding carboxylic acids is 1. The van der Waals surface area contributed by atoms with E-state index in [0.717, 1.165) is 57.6 Å². The third-order valence-corrected chi connectivity index (χ3v) is 3.84. The lowest BCUT2D eigenvalue weighted by atomic mass is 10.3. The molecule has 1 unspecified atom stereocenters. The molecule has 2 aliphatic rings. The van der Waals surface area contributed by atoms with Gasteiger partial charge in [-0.1, -0.05) is 0 Å². The topological polar surface area (TPSA) is 70.6 Å². The maximum atomic E-state index is 11.1. The summed E-state index contributed by atoms with van der Waals surface area (Å²) < 4.78 is 5.37. The lowest BCUT2D eigenvalue weighted by Gasteiger charge is -2.28. The molecule has 0 aromatic carbocycles. The zero-order valence-corrected chi connectivity index (χ0v) is 12.3. The summed E-state index contributed by atoms with van der Waals surface area (Å²) in [6, 6.07) is 2.13. The Hall–Kier alpha value is -1.89. The van der Waals surface area contributed by atoms with Crippen LogP contribution >= 0.6 is 0 Å². The Morgan fingerprint density at radius 3 is 2.90 bits per heavy atom. The average Bonchev–Trinajstić information content (AvgIpc) is 2.96. The second-order valence-electron chi connectivity index (χ2n) is 5.45. The molecule has 1 amide bonds. The van der Waals surface area contributed by atoms with E-state index in [1.807, 2.05) is 6.07 Å². The average molecular weight is 291 g/mol. The van der Waals surface area contributed by atoms with Gasteiger partial charge in [0.2, 0.25) is 11.9 Å². The molecule has 0 bridgehead atoms. The van der Waals surface area contributed by atoms with E-state index in [1.165, 1.54) is 0 Å². The summed E-state index contributed by atoms with van der Waals surface area (Å²) in [5.41, 5.74) is 0. The van der Waals surface area contributed by atoms with Crippen molar-refractivity contribution >= 4 is 17.7 Å². The van der Waals surface area contributed by atoms with Crippen molar-refractivity contribution in [3.63, 3.8) is 0 Å². The number of nitrogens with zero attached hydrogens (tertiary/aromatic N) is 4. The van der Waals surface area contributed by atoms with E-state index < -0.39 is 0 Å². The molecule has 7 nitrogen and oxygen atoms in total. The first-order chi connectivity index (χ1) is 10.2. The number of amides is 1. The lowest BCUT2D eigenvalue weighted by molar-refractivity contribution is -0.119. The minimum atomic E-state index is 0.0184. The highest BCUT2D eigenvalue weighted by Gasteiger charge is 2.25. The van der Waals surface area contributed by atoms with Crippen LogP contribution in [-0.2, 0) is 9.53 Å². The van der Waals surface area contributed by atoms with E-state index in [-0.39, 0.29) is 11.9 Å². The van der Waals surface area contributed by atoms with E-state index in [4.69, 9.17) is 4.74 Å².